The molecule has 1 amide bonds. The maximum atomic E-state index is 11.9. The zero-order valence-corrected chi connectivity index (χ0v) is 21.5. The number of nitrogens with one attached hydrogen (secondary N) is 1. The summed E-state index contributed by atoms with van der Waals surface area (Å²) in [6.07, 6.45) is 7.09. The molecular formula is C30H31N5O3. The van der Waals surface area contributed by atoms with Crippen molar-refractivity contribution < 1.29 is 14.3 Å². The Labute approximate surface area is 221 Å². The average molecular weight is 510 g/mol. The maximum absolute atomic E-state index is 11.9. The lowest BCUT2D eigenvalue weighted by Crippen LogP contribution is -2.45. The fourth-order valence-electron chi connectivity index (χ4n) is 5.46. The Hall–Kier alpha value is -4.01. The Morgan fingerprint density at radius 3 is 2.76 bits per heavy atom. The summed E-state index contributed by atoms with van der Waals surface area (Å²) in [5.74, 6) is 1.53. The fourth-order valence-corrected chi connectivity index (χ4v) is 5.46. The van der Waals surface area contributed by atoms with Crippen LogP contribution in [0.25, 0.3) is 28.3 Å². The van der Waals surface area contributed by atoms with Gasteiger partial charge < -0.3 is 19.7 Å². The number of likely N-dealkylation sites (tertiary alicyclic amines) is 1. The number of carbonyl (C=O) groups is 1. The zero-order chi connectivity index (χ0) is 26.1. The number of benzene rings is 2. The Kier molecular flexibility index (Phi) is 6.66. The van der Waals surface area contributed by atoms with Crippen molar-refractivity contribution >= 4 is 11.7 Å². The van der Waals surface area contributed by atoms with E-state index in [1.807, 2.05) is 39.9 Å². The van der Waals surface area contributed by atoms with Gasteiger partial charge in [-0.25, -0.2) is 9.97 Å². The van der Waals surface area contributed by atoms with Crippen molar-refractivity contribution in [3.63, 3.8) is 0 Å². The van der Waals surface area contributed by atoms with Gasteiger partial charge in [-0.2, -0.15) is 0 Å². The first-order valence-corrected chi connectivity index (χ1v) is 13.0. The van der Waals surface area contributed by atoms with Crippen molar-refractivity contribution in [2.45, 2.75) is 31.5 Å². The number of hydrogen-bond donors (Lipinski definition) is 1. The van der Waals surface area contributed by atoms with Crippen LogP contribution < -0.4 is 10.1 Å². The van der Waals surface area contributed by atoms with Crippen LogP contribution in [0.4, 0.5) is 0 Å². The molecule has 0 bridgehead atoms. The predicted octanol–water partition coefficient (Wildman–Crippen LogP) is 4.41. The summed E-state index contributed by atoms with van der Waals surface area (Å²) in [5, 5.41) is 3.76. The van der Waals surface area contributed by atoms with E-state index in [9.17, 15) is 4.79 Å². The van der Waals surface area contributed by atoms with Gasteiger partial charge in [0.25, 0.3) is 0 Å². The van der Waals surface area contributed by atoms with Gasteiger partial charge in [-0.3, -0.25) is 9.20 Å². The lowest BCUT2D eigenvalue weighted by molar-refractivity contribution is -0.127. The summed E-state index contributed by atoms with van der Waals surface area (Å²) in [6.45, 7) is 6.16. The van der Waals surface area contributed by atoms with Gasteiger partial charge in [0, 0.05) is 60.9 Å². The number of imidazole rings is 1. The summed E-state index contributed by atoms with van der Waals surface area (Å²) in [4.78, 5) is 23.3. The van der Waals surface area contributed by atoms with Crippen LogP contribution >= 0.6 is 0 Å². The molecule has 0 spiro atoms. The molecule has 2 aromatic heterocycles. The van der Waals surface area contributed by atoms with E-state index in [-0.39, 0.29) is 11.9 Å². The molecule has 8 nitrogen and oxygen atoms in total. The third-order valence-corrected chi connectivity index (χ3v) is 7.38. The van der Waals surface area contributed by atoms with E-state index in [2.05, 4.69) is 47.2 Å². The Bertz CT molecular complexity index is 1470. The minimum Gasteiger partial charge on any atom is -0.491 e. The molecule has 4 aromatic rings. The largest absolute Gasteiger partial charge is 0.491 e. The van der Waals surface area contributed by atoms with E-state index in [1.54, 1.807) is 7.11 Å². The zero-order valence-electron chi connectivity index (χ0n) is 21.5. The number of nitrogens with zero attached hydrogens (tertiary/aromatic N) is 4. The van der Waals surface area contributed by atoms with E-state index in [1.165, 1.54) is 6.08 Å². The van der Waals surface area contributed by atoms with Crippen molar-refractivity contribution in [2.24, 2.45) is 0 Å². The van der Waals surface area contributed by atoms with Crippen LogP contribution in [0.3, 0.4) is 0 Å². The number of rotatable bonds is 7. The van der Waals surface area contributed by atoms with Crippen molar-refractivity contribution in [3.8, 4) is 28.3 Å². The first kappa shape index (κ1) is 24.3. The van der Waals surface area contributed by atoms with Crippen LogP contribution in [0, 0.1) is 0 Å². The molecule has 2 aliphatic rings. The fraction of sp³-hybridized carbons (Fsp3) is 0.300. The highest BCUT2D eigenvalue weighted by molar-refractivity contribution is 5.87. The third-order valence-electron chi connectivity index (χ3n) is 7.38. The standard InChI is InChI=1S/C30H31N5O3/c1-3-27(36)34-13-11-23(12-14-34)32-25-19-38-26-15-22(9-10-24(25)26)28-29(21-7-5-4-6-8-21)35-17-20(18-37-2)16-31-30(35)33-28/h3-10,15-17,23,25,32H,1,11-14,18-19H2,2H3/t25-/m0/s1. The smallest absolute Gasteiger partial charge is 0.245 e. The van der Waals surface area contributed by atoms with Crippen molar-refractivity contribution in [3.05, 3.63) is 84.7 Å². The maximum Gasteiger partial charge on any atom is 0.245 e. The second kappa shape index (κ2) is 10.4. The first-order valence-electron chi connectivity index (χ1n) is 13.0. The van der Waals surface area contributed by atoms with Gasteiger partial charge in [-0.05, 0) is 25.0 Å². The predicted molar refractivity (Wildman–Crippen MR) is 146 cm³/mol. The van der Waals surface area contributed by atoms with E-state index in [4.69, 9.17) is 14.5 Å². The Morgan fingerprint density at radius 1 is 1.18 bits per heavy atom. The molecule has 4 heterocycles. The molecule has 1 saturated heterocycles. The molecule has 194 valence electrons. The van der Waals surface area contributed by atoms with Crippen molar-refractivity contribution in [1.82, 2.24) is 24.6 Å². The van der Waals surface area contributed by atoms with Crippen LogP contribution in [0.1, 0.15) is 30.0 Å². The van der Waals surface area contributed by atoms with Gasteiger partial charge in [-0.15, -0.1) is 0 Å². The lowest BCUT2D eigenvalue weighted by Gasteiger charge is -2.33. The van der Waals surface area contributed by atoms with Gasteiger partial charge in [-0.1, -0.05) is 49.0 Å². The minimum atomic E-state index is 0.0115. The molecule has 0 saturated carbocycles. The van der Waals surface area contributed by atoms with Crippen LogP contribution in [-0.2, 0) is 16.1 Å². The number of carbonyl (C=O) groups excluding carboxylic acids is 1. The van der Waals surface area contributed by atoms with Crippen LogP contribution in [0.15, 0.2) is 73.6 Å². The van der Waals surface area contributed by atoms with E-state index >= 15 is 0 Å². The summed E-state index contributed by atoms with van der Waals surface area (Å²) >= 11 is 0. The third kappa shape index (κ3) is 4.57. The van der Waals surface area contributed by atoms with Gasteiger partial charge in [0.1, 0.15) is 12.4 Å². The molecule has 0 unspecified atom stereocenters. The van der Waals surface area contributed by atoms with Crippen LogP contribution in [0.5, 0.6) is 5.75 Å². The molecule has 6 rings (SSSR count). The number of hydrogen-bond acceptors (Lipinski definition) is 6. The normalized spacial score (nSPS) is 17.4. The first-order chi connectivity index (χ1) is 18.6. The number of amides is 1. The SMILES string of the molecule is C=CC(=O)N1CCC(N[C@H]2COc3cc(-c4nc5ncc(COC)cn5c4-c4ccccc4)ccc32)CC1. The van der Waals surface area contributed by atoms with Gasteiger partial charge in [0.2, 0.25) is 11.7 Å². The van der Waals surface area contributed by atoms with Gasteiger partial charge in [0.15, 0.2) is 0 Å². The molecule has 8 heteroatoms. The minimum absolute atomic E-state index is 0.0115. The quantitative estimate of drug-likeness (QED) is 0.372. The van der Waals surface area contributed by atoms with E-state index in [0.717, 1.165) is 65.3 Å². The number of ether oxygens (including phenoxy) is 2. The summed E-state index contributed by atoms with van der Waals surface area (Å²) in [6, 6.07) is 17.1. The number of aromatic nitrogens is 3. The van der Waals surface area contributed by atoms with E-state index < -0.39 is 0 Å². The average Bonchev–Trinajstić information content (AvgIpc) is 3.54. The molecule has 1 fully saturated rings. The summed E-state index contributed by atoms with van der Waals surface area (Å²) < 4.78 is 13.5. The highest BCUT2D eigenvalue weighted by Crippen LogP contribution is 2.39. The van der Waals surface area contributed by atoms with Crippen LogP contribution in [0.2, 0.25) is 0 Å². The molecule has 0 aliphatic carbocycles. The molecule has 38 heavy (non-hydrogen) atoms. The van der Waals surface area contributed by atoms with Gasteiger partial charge >= 0.3 is 0 Å². The monoisotopic (exact) mass is 509 g/mol. The van der Waals surface area contributed by atoms with Crippen molar-refractivity contribution in [1.29, 1.82) is 0 Å². The Morgan fingerprint density at radius 2 is 2.00 bits per heavy atom. The highest BCUT2D eigenvalue weighted by Gasteiger charge is 2.30. The van der Waals surface area contributed by atoms with Crippen molar-refractivity contribution in [2.75, 3.05) is 26.8 Å². The number of fused-ring (bicyclic) bond motifs is 2. The summed E-state index contributed by atoms with van der Waals surface area (Å²) in [5.41, 5.74) is 6.03. The van der Waals surface area contributed by atoms with E-state index in [0.29, 0.717) is 25.0 Å². The molecule has 0 radical (unpaired) electrons. The second-order valence-electron chi connectivity index (χ2n) is 9.83. The molecular weight excluding hydrogens is 478 g/mol. The lowest BCUT2D eigenvalue weighted by atomic mass is 9.99. The highest BCUT2D eigenvalue weighted by atomic mass is 16.5. The second-order valence-corrected chi connectivity index (χ2v) is 9.83. The molecule has 1 atom stereocenters. The summed E-state index contributed by atoms with van der Waals surface area (Å²) in [7, 11) is 1.68. The number of piperidine rings is 1. The molecule has 1 N–H and O–H groups in total. The number of methoxy groups -OCH3 is 1. The molecule has 2 aromatic carbocycles. The van der Waals surface area contributed by atoms with Gasteiger partial charge in [0.05, 0.1) is 24.0 Å². The Balaban J connectivity index is 1.29. The molecule has 2 aliphatic heterocycles. The topological polar surface area (TPSA) is 81.0 Å². The van der Waals surface area contributed by atoms with Crippen LogP contribution in [-0.4, -0.2) is 58.0 Å².